The second-order valence-corrected chi connectivity index (χ2v) is 11.0. The van der Waals surface area contributed by atoms with Gasteiger partial charge in [0.1, 0.15) is 0 Å². The van der Waals surface area contributed by atoms with Gasteiger partial charge in [-0.05, 0) is 54.7 Å². The maximum Gasteiger partial charge on any atom is 0.243 e. The summed E-state index contributed by atoms with van der Waals surface area (Å²) in [4.78, 5) is 0.133. The minimum Gasteiger partial charge on any atom is -0.377 e. The summed E-state index contributed by atoms with van der Waals surface area (Å²) in [7, 11) is -7.41. The van der Waals surface area contributed by atoms with E-state index in [1.165, 1.54) is 28.6 Å². The molecule has 2 aliphatic heterocycles. The minimum atomic E-state index is -3.71. The highest BCUT2D eigenvalue weighted by atomic mass is 32.2. The van der Waals surface area contributed by atoms with Gasteiger partial charge in [0.15, 0.2) is 0 Å². The first-order valence-electron chi connectivity index (χ1n) is 9.64. The summed E-state index contributed by atoms with van der Waals surface area (Å²) in [5.74, 6) is 0. The predicted octanol–water partition coefficient (Wildman–Crippen LogP) is 1.89. The third-order valence-corrected chi connectivity index (χ3v) is 8.69. The fraction of sp³-hybridized carbons (Fsp3) is 0.400. The molecule has 29 heavy (non-hydrogen) atoms. The Morgan fingerprint density at radius 1 is 0.966 bits per heavy atom. The first kappa shape index (κ1) is 20.5. The molecule has 0 bridgehead atoms. The van der Waals surface area contributed by atoms with Crippen LogP contribution in [0.5, 0.6) is 0 Å². The van der Waals surface area contributed by atoms with Crippen LogP contribution in [0, 0.1) is 0 Å². The molecular formula is C20H24N2O5S2. The quantitative estimate of drug-likeness (QED) is 0.747. The first-order valence-corrected chi connectivity index (χ1v) is 12.6. The number of fused-ring (bicyclic) bond motifs is 1. The van der Waals surface area contributed by atoms with Crippen molar-refractivity contribution in [3.63, 3.8) is 0 Å². The summed E-state index contributed by atoms with van der Waals surface area (Å²) in [6.07, 6.45) is 2.32. The Morgan fingerprint density at radius 3 is 2.34 bits per heavy atom. The third-order valence-electron chi connectivity index (χ3n) is 5.39. The van der Waals surface area contributed by atoms with Gasteiger partial charge in [-0.2, -0.15) is 4.31 Å². The van der Waals surface area contributed by atoms with Crippen molar-refractivity contribution in [3.05, 3.63) is 59.7 Å². The topological polar surface area (TPSA) is 92.8 Å². The smallest absolute Gasteiger partial charge is 0.243 e. The Bertz CT molecular complexity index is 1080. The zero-order valence-corrected chi connectivity index (χ0v) is 17.6. The van der Waals surface area contributed by atoms with Gasteiger partial charge in [-0.15, -0.1) is 0 Å². The third kappa shape index (κ3) is 4.39. The van der Waals surface area contributed by atoms with E-state index in [0.29, 0.717) is 26.1 Å². The molecule has 0 saturated carbocycles. The van der Waals surface area contributed by atoms with Gasteiger partial charge in [-0.25, -0.2) is 21.6 Å². The summed E-state index contributed by atoms with van der Waals surface area (Å²) in [6, 6.07) is 13.2. The van der Waals surface area contributed by atoms with E-state index < -0.39 is 20.0 Å². The van der Waals surface area contributed by atoms with Crippen LogP contribution in [-0.2, 0) is 37.7 Å². The van der Waals surface area contributed by atoms with E-state index >= 15 is 0 Å². The van der Waals surface area contributed by atoms with Gasteiger partial charge >= 0.3 is 0 Å². The van der Waals surface area contributed by atoms with E-state index in [1.807, 2.05) is 24.3 Å². The Hall–Kier alpha value is -1.78. The van der Waals surface area contributed by atoms with Crippen LogP contribution in [0.3, 0.4) is 0 Å². The molecule has 0 unspecified atom stereocenters. The molecule has 2 aromatic carbocycles. The molecule has 2 aromatic rings. The number of hydrogen-bond donors (Lipinski definition) is 1. The van der Waals surface area contributed by atoms with Crippen LogP contribution in [0.1, 0.15) is 24.0 Å². The molecule has 156 valence electrons. The highest BCUT2D eigenvalue weighted by molar-refractivity contribution is 7.89. The Morgan fingerprint density at radius 2 is 1.66 bits per heavy atom. The standard InChI is InChI=1S/C20H24N2O5S2/c23-28(24,21-14-18-6-3-13-27-18)19-7-9-20(10-8-19)29(25,26)22-12-11-16-4-1-2-5-17(16)15-22/h1-2,4-5,7-10,18,21H,3,6,11-15H2/t18-/m0/s1. The molecule has 4 rings (SSSR count). The number of nitrogens with zero attached hydrogens (tertiary/aromatic N) is 1. The summed E-state index contributed by atoms with van der Waals surface area (Å²) in [6.45, 7) is 1.60. The molecule has 1 N–H and O–H groups in total. The van der Waals surface area contributed by atoms with E-state index in [-0.39, 0.29) is 22.4 Å². The fourth-order valence-corrected chi connectivity index (χ4v) is 6.19. The van der Waals surface area contributed by atoms with Crippen LogP contribution in [0.4, 0.5) is 0 Å². The van der Waals surface area contributed by atoms with Crippen LogP contribution in [0.15, 0.2) is 58.3 Å². The number of hydrogen-bond acceptors (Lipinski definition) is 5. The number of ether oxygens (including phenoxy) is 1. The van der Waals surface area contributed by atoms with Crippen LogP contribution in [-0.4, -0.2) is 46.9 Å². The largest absolute Gasteiger partial charge is 0.377 e. The molecule has 0 aliphatic carbocycles. The molecule has 0 spiro atoms. The molecule has 0 radical (unpaired) electrons. The lowest BCUT2D eigenvalue weighted by molar-refractivity contribution is 0.114. The van der Waals surface area contributed by atoms with Gasteiger partial charge in [-0.1, -0.05) is 24.3 Å². The monoisotopic (exact) mass is 436 g/mol. The van der Waals surface area contributed by atoms with Crippen LogP contribution in [0.2, 0.25) is 0 Å². The summed E-state index contributed by atoms with van der Waals surface area (Å²) < 4.78 is 60.3. The summed E-state index contributed by atoms with van der Waals surface area (Å²) in [5, 5.41) is 0. The molecule has 0 aromatic heterocycles. The Kier molecular flexibility index (Phi) is 5.76. The van der Waals surface area contributed by atoms with Crippen molar-refractivity contribution in [2.75, 3.05) is 19.7 Å². The lowest BCUT2D eigenvalue weighted by Crippen LogP contribution is -2.36. The van der Waals surface area contributed by atoms with E-state index in [0.717, 1.165) is 24.0 Å². The molecule has 7 nitrogen and oxygen atoms in total. The number of nitrogens with one attached hydrogen (secondary N) is 1. The van der Waals surface area contributed by atoms with Crippen LogP contribution in [0.25, 0.3) is 0 Å². The van der Waals surface area contributed by atoms with E-state index in [9.17, 15) is 16.8 Å². The normalized spacial score (nSPS) is 20.5. The maximum absolute atomic E-state index is 13.0. The van der Waals surface area contributed by atoms with Gasteiger partial charge in [0.05, 0.1) is 15.9 Å². The second kappa shape index (κ2) is 8.16. The van der Waals surface area contributed by atoms with Gasteiger partial charge in [-0.3, -0.25) is 0 Å². The van der Waals surface area contributed by atoms with E-state index in [2.05, 4.69) is 4.72 Å². The van der Waals surface area contributed by atoms with Gasteiger partial charge in [0.25, 0.3) is 0 Å². The summed E-state index contributed by atoms with van der Waals surface area (Å²) >= 11 is 0. The summed E-state index contributed by atoms with van der Waals surface area (Å²) in [5.41, 5.74) is 2.16. The average Bonchev–Trinajstić information content (AvgIpc) is 3.26. The SMILES string of the molecule is O=S(=O)(NC[C@@H]1CCCO1)c1ccc(S(=O)(=O)N2CCc3ccccc3C2)cc1. The van der Waals surface area contributed by atoms with Crippen LogP contribution < -0.4 is 4.72 Å². The minimum absolute atomic E-state index is 0.0402. The molecule has 1 saturated heterocycles. The zero-order chi connectivity index (χ0) is 20.5. The van der Waals surface area contributed by atoms with Gasteiger partial charge in [0.2, 0.25) is 20.0 Å². The molecular weight excluding hydrogens is 412 g/mol. The second-order valence-electron chi connectivity index (χ2n) is 7.32. The fourth-order valence-electron chi connectivity index (χ4n) is 3.71. The average molecular weight is 437 g/mol. The van der Waals surface area contributed by atoms with Crippen molar-refractivity contribution in [1.29, 1.82) is 0 Å². The van der Waals surface area contributed by atoms with Crippen molar-refractivity contribution < 1.29 is 21.6 Å². The van der Waals surface area contributed by atoms with E-state index in [4.69, 9.17) is 4.74 Å². The first-order chi connectivity index (χ1) is 13.9. The van der Waals surface area contributed by atoms with Crippen LogP contribution >= 0.6 is 0 Å². The van der Waals surface area contributed by atoms with E-state index in [1.54, 1.807) is 0 Å². The van der Waals surface area contributed by atoms with Crippen molar-refractivity contribution in [2.45, 2.75) is 41.7 Å². The lowest BCUT2D eigenvalue weighted by atomic mass is 10.0. The van der Waals surface area contributed by atoms with Crippen molar-refractivity contribution in [2.24, 2.45) is 0 Å². The number of sulfonamides is 2. The highest BCUT2D eigenvalue weighted by Crippen LogP contribution is 2.25. The number of rotatable bonds is 6. The molecule has 1 atom stereocenters. The van der Waals surface area contributed by atoms with Crippen molar-refractivity contribution in [3.8, 4) is 0 Å². The lowest BCUT2D eigenvalue weighted by Gasteiger charge is -2.28. The Balaban J connectivity index is 1.48. The predicted molar refractivity (Wildman–Crippen MR) is 108 cm³/mol. The van der Waals surface area contributed by atoms with Gasteiger partial charge < -0.3 is 4.74 Å². The molecule has 9 heteroatoms. The van der Waals surface area contributed by atoms with Crippen molar-refractivity contribution in [1.82, 2.24) is 9.03 Å². The maximum atomic E-state index is 13.0. The Labute approximate surface area is 171 Å². The zero-order valence-electron chi connectivity index (χ0n) is 16.0. The number of benzene rings is 2. The van der Waals surface area contributed by atoms with Crippen molar-refractivity contribution >= 4 is 20.0 Å². The highest BCUT2D eigenvalue weighted by Gasteiger charge is 2.28. The molecule has 2 heterocycles. The molecule has 1 fully saturated rings. The molecule has 0 amide bonds. The molecule has 2 aliphatic rings. The van der Waals surface area contributed by atoms with Gasteiger partial charge in [0, 0.05) is 26.2 Å².